The van der Waals surface area contributed by atoms with Crippen LogP contribution in [0.15, 0.2) is 30.3 Å². The van der Waals surface area contributed by atoms with E-state index in [9.17, 15) is 9.18 Å². The number of aryl methyl sites for hydroxylation is 2. The molecule has 0 aliphatic rings. The van der Waals surface area contributed by atoms with E-state index in [0.717, 1.165) is 22.3 Å². The van der Waals surface area contributed by atoms with Crippen molar-refractivity contribution in [2.45, 2.75) is 54.1 Å². The second kappa shape index (κ2) is 7.92. The first-order valence-corrected chi connectivity index (χ1v) is 8.81. The predicted molar refractivity (Wildman–Crippen MR) is 101 cm³/mol. The minimum absolute atomic E-state index is 0.107. The maximum Gasteiger partial charge on any atom is 0.160 e. The van der Waals surface area contributed by atoms with E-state index in [4.69, 9.17) is 0 Å². The fourth-order valence-corrected chi connectivity index (χ4v) is 3.66. The van der Waals surface area contributed by atoms with E-state index in [0.29, 0.717) is 12.5 Å². The lowest BCUT2D eigenvalue weighted by molar-refractivity contribution is 0.101. The fraction of sp³-hybridized carbons (Fsp3) is 0.409. The highest BCUT2D eigenvalue weighted by atomic mass is 19.1. The van der Waals surface area contributed by atoms with Crippen molar-refractivity contribution >= 4 is 5.78 Å². The number of nitrogens with one attached hydrogen (secondary N) is 1. The quantitative estimate of drug-likeness (QED) is 0.709. The lowest BCUT2D eigenvalue weighted by atomic mass is 9.90. The molecule has 0 heterocycles. The summed E-state index contributed by atoms with van der Waals surface area (Å²) in [5.41, 5.74) is 6.35. The van der Waals surface area contributed by atoms with Crippen LogP contribution in [-0.4, -0.2) is 5.78 Å². The molecule has 25 heavy (non-hydrogen) atoms. The summed E-state index contributed by atoms with van der Waals surface area (Å²) in [6, 6.07) is 8.89. The highest BCUT2D eigenvalue weighted by Crippen LogP contribution is 2.26. The van der Waals surface area contributed by atoms with E-state index < -0.39 is 0 Å². The third kappa shape index (κ3) is 4.35. The summed E-state index contributed by atoms with van der Waals surface area (Å²) in [5.74, 6) is 0.251. The summed E-state index contributed by atoms with van der Waals surface area (Å²) >= 11 is 0. The van der Waals surface area contributed by atoms with E-state index in [1.807, 2.05) is 26.0 Å². The zero-order chi connectivity index (χ0) is 18.7. The third-order valence-electron chi connectivity index (χ3n) is 4.88. The van der Waals surface area contributed by atoms with Crippen molar-refractivity contribution in [3.8, 4) is 0 Å². The van der Waals surface area contributed by atoms with Crippen molar-refractivity contribution in [3.63, 3.8) is 0 Å². The maximum absolute atomic E-state index is 13.2. The van der Waals surface area contributed by atoms with Crippen LogP contribution < -0.4 is 5.32 Å². The van der Waals surface area contributed by atoms with E-state index >= 15 is 0 Å². The molecule has 0 saturated carbocycles. The Morgan fingerprint density at radius 3 is 2.20 bits per heavy atom. The van der Waals surface area contributed by atoms with Gasteiger partial charge >= 0.3 is 0 Å². The summed E-state index contributed by atoms with van der Waals surface area (Å²) in [5, 5.41) is 3.60. The van der Waals surface area contributed by atoms with Gasteiger partial charge in [0.25, 0.3) is 0 Å². The molecule has 0 saturated heterocycles. The topological polar surface area (TPSA) is 29.1 Å². The molecule has 0 spiro atoms. The Morgan fingerprint density at radius 1 is 1.08 bits per heavy atom. The van der Waals surface area contributed by atoms with Gasteiger partial charge < -0.3 is 5.32 Å². The molecule has 2 rings (SSSR count). The molecule has 0 bridgehead atoms. The van der Waals surface area contributed by atoms with Crippen LogP contribution in [0.1, 0.15) is 65.0 Å². The maximum atomic E-state index is 13.2. The molecular weight excluding hydrogens is 313 g/mol. The molecule has 0 fully saturated rings. The van der Waals surface area contributed by atoms with Crippen LogP contribution in [0.4, 0.5) is 4.39 Å². The highest BCUT2D eigenvalue weighted by molar-refractivity contribution is 5.97. The standard InChI is InChI=1S/C22H28FNO/c1-13(2)22(18-7-9-19(23)10-8-18)24-12-20-14(3)11-15(4)21(16(20)5)17(6)25/h7-11,13,22,24H,12H2,1-6H3/t22-/m0/s1. The zero-order valence-electron chi connectivity index (χ0n) is 16.0. The van der Waals surface area contributed by atoms with Crippen molar-refractivity contribution in [1.29, 1.82) is 0 Å². The molecule has 2 aromatic rings. The molecular formula is C22H28FNO. The minimum atomic E-state index is -0.220. The molecule has 2 nitrogen and oxygen atoms in total. The molecule has 2 aromatic carbocycles. The molecule has 134 valence electrons. The molecule has 0 aliphatic carbocycles. The van der Waals surface area contributed by atoms with Crippen molar-refractivity contribution in [2.75, 3.05) is 0 Å². The Balaban J connectivity index is 2.31. The Kier molecular flexibility index (Phi) is 6.12. The SMILES string of the molecule is CC(=O)c1c(C)cc(C)c(CN[C@H](c2ccc(F)cc2)C(C)C)c1C. The average Bonchev–Trinajstić information content (AvgIpc) is 2.50. The van der Waals surface area contributed by atoms with E-state index in [1.54, 1.807) is 6.92 Å². The molecule has 0 radical (unpaired) electrons. The van der Waals surface area contributed by atoms with Gasteiger partial charge in [-0.25, -0.2) is 4.39 Å². The summed E-state index contributed by atoms with van der Waals surface area (Å²) in [7, 11) is 0. The zero-order valence-corrected chi connectivity index (χ0v) is 16.0. The Bertz CT molecular complexity index is 763. The number of ketones is 1. The number of hydrogen-bond acceptors (Lipinski definition) is 2. The molecule has 1 atom stereocenters. The number of halogens is 1. The number of rotatable bonds is 6. The van der Waals surface area contributed by atoms with Gasteiger partial charge in [-0.05, 0) is 73.6 Å². The molecule has 1 N–H and O–H groups in total. The average molecular weight is 341 g/mol. The van der Waals surface area contributed by atoms with Crippen LogP contribution >= 0.6 is 0 Å². The van der Waals surface area contributed by atoms with Crippen LogP contribution in [0.25, 0.3) is 0 Å². The first-order chi connectivity index (χ1) is 11.7. The predicted octanol–water partition coefficient (Wildman–Crippen LogP) is 5.44. The van der Waals surface area contributed by atoms with E-state index in [2.05, 4.69) is 32.2 Å². The summed E-state index contributed by atoms with van der Waals surface area (Å²) < 4.78 is 13.2. The fourth-order valence-electron chi connectivity index (χ4n) is 3.66. The number of carbonyl (C=O) groups excluding carboxylic acids is 1. The van der Waals surface area contributed by atoms with Crippen LogP contribution in [0.5, 0.6) is 0 Å². The van der Waals surface area contributed by atoms with Gasteiger partial charge in [-0.15, -0.1) is 0 Å². The van der Waals surface area contributed by atoms with Gasteiger partial charge in [0.1, 0.15) is 5.82 Å². The van der Waals surface area contributed by atoms with Gasteiger partial charge in [-0.3, -0.25) is 4.79 Å². The van der Waals surface area contributed by atoms with E-state index in [-0.39, 0.29) is 17.6 Å². The minimum Gasteiger partial charge on any atom is -0.306 e. The third-order valence-corrected chi connectivity index (χ3v) is 4.88. The first-order valence-electron chi connectivity index (χ1n) is 8.81. The number of carbonyl (C=O) groups is 1. The lowest BCUT2D eigenvalue weighted by Crippen LogP contribution is -2.26. The first kappa shape index (κ1) is 19.3. The normalized spacial score (nSPS) is 12.5. The van der Waals surface area contributed by atoms with Crippen LogP contribution in [0.2, 0.25) is 0 Å². The van der Waals surface area contributed by atoms with Gasteiger partial charge in [0, 0.05) is 18.2 Å². The van der Waals surface area contributed by atoms with Gasteiger partial charge in [0.05, 0.1) is 0 Å². The molecule has 3 heteroatoms. The smallest absolute Gasteiger partial charge is 0.160 e. The lowest BCUT2D eigenvalue weighted by Gasteiger charge is -2.25. The van der Waals surface area contributed by atoms with Crippen LogP contribution in [0, 0.1) is 32.5 Å². The van der Waals surface area contributed by atoms with Gasteiger partial charge in [0.2, 0.25) is 0 Å². The molecule has 0 unspecified atom stereocenters. The summed E-state index contributed by atoms with van der Waals surface area (Å²) in [4.78, 5) is 12.0. The largest absolute Gasteiger partial charge is 0.306 e. The monoisotopic (exact) mass is 341 g/mol. The highest BCUT2D eigenvalue weighted by Gasteiger charge is 2.18. The summed E-state index contributed by atoms with van der Waals surface area (Å²) in [6.07, 6.45) is 0. The second-order valence-electron chi connectivity index (χ2n) is 7.20. The summed E-state index contributed by atoms with van der Waals surface area (Å²) in [6.45, 7) is 12.7. The number of Topliss-reactive ketones (excluding diaryl/α,β-unsaturated/α-hetero) is 1. The van der Waals surface area contributed by atoms with Crippen LogP contribution in [-0.2, 0) is 6.54 Å². The van der Waals surface area contributed by atoms with Crippen LogP contribution in [0.3, 0.4) is 0 Å². The molecule has 0 amide bonds. The Morgan fingerprint density at radius 2 is 1.68 bits per heavy atom. The van der Waals surface area contributed by atoms with Gasteiger partial charge in [-0.2, -0.15) is 0 Å². The van der Waals surface area contributed by atoms with Gasteiger partial charge in [-0.1, -0.05) is 32.0 Å². The Hall–Kier alpha value is -2.00. The Labute approximate surface area is 150 Å². The number of hydrogen-bond donors (Lipinski definition) is 1. The van der Waals surface area contributed by atoms with Crippen molar-refractivity contribution in [3.05, 3.63) is 69.5 Å². The number of benzene rings is 2. The molecule has 0 aromatic heterocycles. The second-order valence-corrected chi connectivity index (χ2v) is 7.20. The molecule has 0 aliphatic heterocycles. The van der Waals surface area contributed by atoms with Crippen molar-refractivity contribution in [2.24, 2.45) is 5.92 Å². The van der Waals surface area contributed by atoms with Gasteiger partial charge in [0.15, 0.2) is 5.78 Å². The van der Waals surface area contributed by atoms with E-state index in [1.165, 1.54) is 23.3 Å². The van der Waals surface area contributed by atoms with Crippen molar-refractivity contribution in [1.82, 2.24) is 5.32 Å². The van der Waals surface area contributed by atoms with Crippen molar-refractivity contribution < 1.29 is 9.18 Å².